The molecule has 0 aliphatic heterocycles. The fourth-order valence-corrected chi connectivity index (χ4v) is 0.786. The number of hydrogen-bond acceptors (Lipinski definition) is 3. The van der Waals surface area contributed by atoms with Crippen molar-refractivity contribution < 1.29 is 5.11 Å². The van der Waals surface area contributed by atoms with Crippen molar-refractivity contribution in [3.05, 3.63) is 11.8 Å². The van der Waals surface area contributed by atoms with E-state index in [9.17, 15) is 0 Å². The van der Waals surface area contributed by atoms with Crippen LogP contribution in [-0.4, -0.2) is 14.9 Å². The Bertz CT molecular complexity index is 229. The van der Waals surface area contributed by atoms with E-state index >= 15 is 0 Å². The Morgan fingerprint density at radius 1 is 1.80 bits per heavy atom. The van der Waals surface area contributed by atoms with Crippen LogP contribution in [0, 0.1) is 0 Å². The molecule has 0 amide bonds. The minimum Gasteiger partial charge on any atom is -0.389 e. The molecule has 0 fully saturated rings. The van der Waals surface area contributed by atoms with Crippen molar-refractivity contribution in [3.63, 3.8) is 0 Å². The first kappa shape index (κ1) is 7.08. The van der Waals surface area contributed by atoms with Crippen LogP contribution in [0.3, 0.4) is 0 Å². The first-order chi connectivity index (χ1) is 4.63. The summed E-state index contributed by atoms with van der Waals surface area (Å²) in [4.78, 5) is 0. The number of aliphatic hydroxyl groups excluding tert-OH is 1. The Morgan fingerprint density at radius 3 is 2.60 bits per heavy atom. The van der Waals surface area contributed by atoms with Crippen molar-refractivity contribution >= 4 is 5.82 Å². The molecule has 1 aromatic heterocycles. The molecular weight excluding hydrogens is 130 g/mol. The van der Waals surface area contributed by atoms with Crippen molar-refractivity contribution in [1.82, 2.24) is 9.78 Å². The van der Waals surface area contributed by atoms with E-state index in [1.807, 2.05) is 0 Å². The van der Waals surface area contributed by atoms with E-state index in [1.165, 1.54) is 4.68 Å². The molecule has 4 nitrogen and oxygen atoms in total. The number of hydrogen-bond donors (Lipinski definition) is 2. The molecule has 4 heteroatoms. The fourth-order valence-electron chi connectivity index (χ4n) is 0.786. The highest BCUT2D eigenvalue weighted by molar-refractivity contribution is 5.39. The van der Waals surface area contributed by atoms with E-state index in [4.69, 9.17) is 10.8 Å². The summed E-state index contributed by atoms with van der Waals surface area (Å²) in [7, 11) is 1.74. The highest BCUT2D eigenvalue weighted by Crippen LogP contribution is 2.17. The fraction of sp³-hybridized carbons (Fsp3) is 0.500. The monoisotopic (exact) mass is 141 g/mol. The number of aromatic nitrogens is 2. The lowest BCUT2D eigenvalue weighted by Gasteiger charge is -2.01. The van der Waals surface area contributed by atoms with Gasteiger partial charge in [-0.25, -0.2) is 0 Å². The second-order valence-electron chi connectivity index (χ2n) is 2.28. The SMILES string of the molecule is CC(O)c1cnn(C)c1N. The molecule has 0 saturated heterocycles. The Hall–Kier alpha value is -1.03. The second kappa shape index (κ2) is 2.30. The lowest BCUT2D eigenvalue weighted by Crippen LogP contribution is -2.01. The normalized spacial score (nSPS) is 13.5. The highest BCUT2D eigenvalue weighted by atomic mass is 16.3. The topological polar surface area (TPSA) is 64.1 Å². The van der Waals surface area contributed by atoms with Gasteiger partial charge in [0.1, 0.15) is 5.82 Å². The van der Waals surface area contributed by atoms with Crippen LogP contribution in [0.1, 0.15) is 18.6 Å². The van der Waals surface area contributed by atoms with Crippen LogP contribution in [0.4, 0.5) is 5.82 Å². The molecule has 0 aliphatic rings. The summed E-state index contributed by atoms with van der Waals surface area (Å²) in [6.07, 6.45) is 1.04. The van der Waals surface area contributed by atoms with Crippen molar-refractivity contribution in [3.8, 4) is 0 Å². The summed E-state index contributed by atoms with van der Waals surface area (Å²) in [5.74, 6) is 0.523. The minimum absolute atomic E-state index is 0.523. The standard InChI is InChI=1S/C6H11N3O/c1-4(10)5-3-8-9(2)6(5)7/h3-4,10H,7H2,1-2H3. The van der Waals surface area contributed by atoms with Gasteiger partial charge in [0.15, 0.2) is 0 Å². The number of nitrogens with zero attached hydrogens (tertiary/aromatic N) is 2. The van der Waals surface area contributed by atoms with E-state index in [2.05, 4.69) is 5.10 Å². The van der Waals surface area contributed by atoms with Gasteiger partial charge in [0.2, 0.25) is 0 Å². The van der Waals surface area contributed by atoms with Crippen LogP contribution in [-0.2, 0) is 7.05 Å². The van der Waals surface area contributed by atoms with Crippen molar-refractivity contribution in [2.75, 3.05) is 5.73 Å². The third kappa shape index (κ3) is 0.974. The predicted molar refractivity (Wildman–Crippen MR) is 38.3 cm³/mol. The molecule has 1 unspecified atom stereocenters. The minimum atomic E-state index is -0.534. The molecule has 1 heterocycles. The number of rotatable bonds is 1. The van der Waals surface area contributed by atoms with Gasteiger partial charge < -0.3 is 10.8 Å². The lowest BCUT2D eigenvalue weighted by atomic mass is 10.2. The van der Waals surface area contributed by atoms with Crippen LogP contribution >= 0.6 is 0 Å². The van der Waals surface area contributed by atoms with Crippen LogP contribution in [0.5, 0.6) is 0 Å². The van der Waals surface area contributed by atoms with E-state index in [0.717, 1.165) is 0 Å². The predicted octanol–water partition coefficient (Wildman–Crippen LogP) is 0.0556. The molecule has 3 N–H and O–H groups in total. The molecule has 1 aromatic rings. The number of aliphatic hydroxyl groups is 1. The summed E-state index contributed by atoms with van der Waals surface area (Å²) in [5.41, 5.74) is 6.23. The molecule has 0 radical (unpaired) electrons. The summed E-state index contributed by atoms with van der Waals surface area (Å²) >= 11 is 0. The van der Waals surface area contributed by atoms with Gasteiger partial charge in [0, 0.05) is 12.6 Å². The van der Waals surface area contributed by atoms with Crippen LogP contribution < -0.4 is 5.73 Å². The van der Waals surface area contributed by atoms with Crippen LogP contribution in [0.2, 0.25) is 0 Å². The number of nitrogens with two attached hydrogens (primary N) is 1. The molecule has 0 aromatic carbocycles. The van der Waals surface area contributed by atoms with Crippen molar-refractivity contribution in [2.45, 2.75) is 13.0 Å². The van der Waals surface area contributed by atoms with E-state index in [0.29, 0.717) is 11.4 Å². The molecular formula is C6H11N3O. The van der Waals surface area contributed by atoms with Gasteiger partial charge in [-0.2, -0.15) is 5.10 Å². The average molecular weight is 141 g/mol. The van der Waals surface area contributed by atoms with Gasteiger partial charge in [0.25, 0.3) is 0 Å². The van der Waals surface area contributed by atoms with E-state index in [1.54, 1.807) is 20.2 Å². The highest BCUT2D eigenvalue weighted by Gasteiger charge is 2.08. The molecule has 56 valence electrons. The third-order valence-electron chi connectivity index (χ3n) is 1.46. The summed E-state index contributed by atoms with van der Waals surface area (Å²) < 4.78 is 1.53. The third-order valence-corrected chi connectivity index (χ3v) is 1.46. The van der Waals surface area contributed by atoms with Gasteiger partial charge >= 0.3 is 0 Å². The maximum absolute atomic E-state index is 9.08. The van der Waals surface area contributed by atoms with E-state index < -0.39 is 6.10 Å². The quantitative estimate of drug-likeness (QED) is 0.581. The molecule has 10 heavy (non-hydrogen) atoms. The van der Waals surface area contributed by atoms with Crippen LogP contribution in [0.15, 0.2) is 6.20 Å². The maximum atomic E-state index is 9.08. The maximum Gasteiger partial charge on any atom is 0.127 e. The van der Waals surface area contributed by atoms with Gasteiger partial charge in [-0.1, -0.05) is 0 Å². The molecule has 1 rings (SSSR count). The number of anilines is 1. The largest absolute Gasteiger partial charge is 0.389 e. The second-order valence-corrected chi connectivity index (χ2v) is 2.28. The Labute approximate surface area is 59.3 Å². The molecule has 0 aliphatic carbocycles. The smallest absolute Gasteiger partial charge is 0.127 e. The first-order valence-corrected chi connectivity index (χ1v) is 3.08. The lowest BCUT2D eigenvalue weighted by molar-refractivity contribution is 0.200. The first-order valence-electron chi connectivity index (χ1n) is 3.08. The summed E-state index contributed by atoms with van der Waals surface area (Å²) in [6.45, 7) is 1.66. The molecule has 0 saturated carbocycles. The Morgan fingerprint density at radius 2 is 2.40 bits per heavy atom. The molecule has 1 atom stereocenters. The average Bonchev–Trinajstić information content (AvgIpc) is 2.14. The zero-order valence-electron chi connectivity index (χ0n) is 6.07. The van der Waals surface area contributed by atoms with Gasteiger partial charge in [-0.15, -0.1) is 0 Å². The van der Waals surface area contributed by atoms with Gasteiger partial charge in [-0.3, -0.25) is 4.68 Å². The summed E-state index contributed by atoms with van der Waals surface area (Å²) in [6, 6.07) is 0. The number of nitrogen functional groups attached to an aromatic ring is 1. The Kier molecular flexibility index (Phi) is 1.63. The zero-order valence-corrected chi connectivity index (χ0v) is 6.07. The summed E-state index contributed by atoms with van der Waals surface area (Å²) in [5, 5.41) is 13.0. The molecule has 0 spiro atoms. The van der Waals surface area contributed by atoms with Gasteiger partial charge in [0.05, 0.1) is 12.3 Å². The Balaban J connectivity index is 3.05. The van der Waals surface area contributed by atoms with Crippen LogP contribution in [0.25, 0.3) is 0 Å². The van der Waals surface area contributed by atoms with Crippen molar-refractivity contribution in [2.24, 2.45) is 7.05 Å². The zero-order chi connectivity index (χ0) is 7.72. The number of aryl methyl sites for hydroxylation is 1. The molecule has 0 bridgehead atoms. The van der Waals surface area contributed by atoms with Gasteiger partial charge in [-0.05, 0) is 6.92 Å². The van der Waals surface area contributed by atoms with E-state index in [-0.39, 0.29) is 0 Å². The van der Waals surface area contributed by atoms with Crippen molar-refractivity contribution in [1.29, 1.82) is 0 Å².